The van der Waals surface area contributed by atoms with Gasteiger partial charge in [0.05, 0.1) is 6.42 Å². The highest BCUT2D eigenvalue weighted by molar-refractivity contribution is 5.78. The molecule has 1 atom stereocenters. The molecule has 16 heavy (non-hydrogen) atoms. The Morgan fingerprint density at radius 3 is 2.88 bits per heavy atom. The van der Waals surface area contributed by atoms with Gasteiger partial charge in [0.25, 0.3) is 0 Å². The van der Waals surface area contributed by atoms with Crippen LogP contribution in [0.5, 0.6) is 0 Å². The standard InChI is InChI=1S/C12H19NO3/c1-13(2)11(14)7-3-5-9-15-12-8-4-6-10-16-12/h12H,4,6-10H2,1-2H3. The molecule has 0 aromatic carbocycles. The lowest BCUT2D eigenvalue weighted by molar-refractivity contribution is -0.154. The Morgan fingerprint density at radius 2 is 2.25 bits per heavy atom. The Balaban J connectivity index is 2.10. The lowest BCUT2D eigenvalue weighted by Gasteiger charge is -2.21. The maximum Gasteiger partial charge on any atom is 0.234 e. The highest BCUT2D eigenvalue weighted by Crippen LogP contribution is 2.12. The lowest BCUT2D eigenvalue weighted by Crippen LogP contribution is -2.22. The Morgan fingerprint density at radius 1 is 1.44 bits per heavy atom. The van der Waals surface area contributed by atoms with Crippen LogP contribution in [0.1, 0.15) is 25.7 Å². The molecule has 1 heterocycles. The smallest absolute Gasteiger partial charge is 0.234 e. The quantitative estimate of drug-likeness (QED) is 0.673. The van der Waals surface area contributed by atoms with Crippen molar-refractivity contribution in [2.45, 2.75) is 32.0 Å². The van der Waals surface area contributed by atoms with E-state index < -0.39 is 0 Å². The molecule has 0 aliphatic carbocycles. The van der Waals surface area contributed by atoms with E-state index in [4.69, 9.17) is 9.47 Å². The maximum atomic E-state index is 11.2. The van der Waals surface area contributed by atoms with Gasteiger partial charge in [0.2, 0.25) is 5.91 Å². The third-order valence-electron chi connectivity index (χ3n) is 2.34. The first-order valence-corrected chi connectivity index (χ1v) is 5.59. The van der Waals surface area contributed by atoms with Crippen molar-refractivity contribution >= 4 is 5.91 Å². The van der Waals surface area contributed by atoms with Gasteiger partial charge >= 0.3 is 0 Å². The van der Waals surface area contributed by atoms with Crippen LogP contribution in [-0.2, 0) is 14.3 Å². The number of rotatable bonds is 3. The van der Waals surface area contributed by atoms with E-state index in [2.05, 4.69) is 11.8 Å². The molecule has 1 unspecified atom stereocenters. The highest BCUT2D eigenvalue weighted by Gasteiger charge is 2.12. The molecule has 1 rings (SSSR count). The van der Waals surface area contributed by atoms with E-state index in [9.17, 15) is 4.79 Å². The molecule has 1 aliphatic heterocycles. The fourth-order valence-electron chi connectivity index (χ4n) is 1.32. The second kappa shape index (κ2) is 7.26. The first-order valence-electron chi connectivity index (χ1n) is 5.59. The van der Waals surface area contributed by atoms with Gasteiger partial charge in [-0.05, 0) is 19.3 Å². The van der Waals surface area contributed by atoms with E-state index in [1.807, 2.05) is 0 Å². The number of hydrogen-bond acceptors (Lipinski definition) is 3. The summed E-state index contributed by atoms with van der Waals surface area (Å²) in [5.41, 5.74) is 0. The van der Waals surface area contributed by atoms with E-state index in [1.54, 1.807) is 14.1 Å². The molecule has 4 heteroatoms. The van der Waals surface area contributed by atoms with Gasteiger partial charge in [-0.2, -0.15) is 0 Å². The lowest BCUT2D eigenvalue weighted by atomic mass is 10.2. The van der Waals surface area contributed by atoms with Crippen molar-refractivity contribution in [2.75, 3.05) is 27.3 Å². The van der Waals surface area contributed by atoms with E-state index in [0.29, 0.717) is 6.61 Å². The van der Waals surface area contributed by atoms with Crippen LogP contribution in [0, 0.1) is 11.8 Å². The molecule has 0 saturated carbocycles. The van der Waals surface area contributed by atoms with Gasteiger partial charge in [-0.15, -0.1) is 0 Å². The summed E-state index contributed by atoms with van der Waals surface area (Å²) >= 11 is 0. The fourth-order valence-corrected chi connectivity index (χ4v) is 1.32. The molecule has 0 spiro atoms. The summed E-state index contributed by atoms with van der Waals surface area (Å²) < 4.78 is 10.8. The van der Waals surface area contributed by atoms with Crippen molar-refractivity contribution in [3.63, 3.8) is 0 Å². The predicted molar refractivity (Wildman–Crippen MR) is 60.6 cm³/mol. The van der Waals surface area contributed by atoms with Crippen molar-refractivity contribution in [1.82, 2.24) is 4.90 Å². The second-order valence-corrected chi connectivity index (χ2v) is 3.93. The summed E-state index contributed by atoms with van der Waals surface area (Å²) in [6.45, 7) is 1.11. The molecular weight excluding hydrogens is 206 g/mol. The Labute approximate surface area is 96.9 Å². The maximum absolute atomic E-state index is 11.2. The predicted octanol–water partition coefficient (Wildman–Crippen LogP) is 1.01. The minimum atomic E-state index is -0.104. The largest absolute Gasteiger partial charge is 0.353 e. The zero-order valence-electron chi connectivity index (χ0n) is 9.99. The molecule has 0 aromatic rings. The van der Waals surface area contributed by atoms with Crippen LogP contribution in [0.25, 0.3) is 0 Å². The summed E-state index contributed by atoms with van der Waals surface area (Å²) in [4.78, 5) is 12.7. The first-order chi connectivity index (χ1) is 7.70. The van der Waals surface area contributed by atoms with Gasteiger partial charge in [-0.25, -0.2) is 0 Å². The van der Waals surface area contributed by atoms with Crippen LogP contribution in [0.15, 0.2) is 0 Å². The van der Waals surface area contributed by atoms with Crippen LogP contribution in [-0.4, -0.2) is 44.4 Å². The number of carbonyl (C=O) groups is 1. The summed E-state index contributed by atoms with van der Waals surface area (Å²) in [5, 5.41) is 0. The normalized spacial score (nSPS) is 19.8. The van der Waals surface area contributed by atoms with Crippen molar-refractivity contribution in [2.24, 2.45) is 0 Å². The van der Waals surface area contributed by atoms with Crippen molar-refractivity contribution < 1.29 is 14.3 Å². The number of hydrogen-bond donors (Lipinski definition) is 0. The highest BCUT2D eigenvalue weighted by atomic mass is 16.7. The van der Waals surface area contributed by atoms with Crippen LogP contribution in [0.2, 0.25) is 0 Å². The fraction of sp³-hybridized carbons (Fsp3) is 0.750. The minimum absolute atomic E-state index is 0.0152. The minimum Gasteiger partial charge on any atom is -0.353 e. The average Bonchev–Trinajstić information content (AvgIpc) is 2.29. The van der Waals surface area contributed by atoms with E-state index in [0.717, 1.165) is 25.9 Å². The van der Waals surface area contributed by atoms with Gasteiger partial charge in [0.15, 0.2) is 6.29 Å². The van der Waals surface area contributed by atoms with Gasteiger partial charge in [-0.3, -0.25) is 4.79 Å². The van der Waals surface area contributed by atoms with Gasteiger partial charge in [0.1, 0.15) is 6.61 Å². The van der Waals surface area contributed by atoms with E-state index >= 15 is 0 Å². The monoisotopic (exact) mass is 225 g/mol. The number of carbonyl (C=O) groups excluding carboxylic acids is 1. The summed E-state index contributed by atoms with van der Waals surface area (Å²) in [6, 6.07) is 0. The van der Waals surface area contributed by atoms with Crippen LogP contribution in [0.3, 0.4) is 0 Å². The number of ether oxygens (including phenoxy) is 2. The molecule has 1 aliphatic rings. The molecule has 1 amide bonds. The van der Waals surface area contributed by atoms with Crippen LogP contribution >= 0.6 is 0 Å². The van der Waals surface area contributed by atoms with Gasteiger partial charge in [0, 0.05) is 20.7 Å². The Hall–Kier alpha value is -1.05. The molecule has 1 saturated heterocycles. The summed E-state index contributed by atoms with van der Waals surface area (Å²) in [7, 11) is 3.44. The summed E-state index contributed by atoms with van der Waals surface area (Å²) in [6.07, 6.45) is 3.35. The van der Waals surface area contributed by atoms with Crippen molar-refractivity contribution in [1.29, 1.82) is 0 Å². The molecule has 0 bridgehead atoms. The summed E-state index contributed by atoms with van der Waals surface area (Å²) in [5.74, 6) is 5.62. The molecular formula is C12H19NO3. The number of amides is 1. The molecule has 0 N–H and O–H groups in total. The van der Waals surface area contributed by atoms with Crippen LogP contribution in [0.4, 0.5) is 0 Å². The third-order valence-corrected chi connectivity index (χ3v) is 2.34. The van der Waals surface area contributed by atoms with Crippen LogP contribution < -0.4 is 0 Å². The van der Waals surface area contributed by atoms with E-state index in [1.165, 1.54) is 4.90 Å². The Bertz CT molecular complexity index is 272. The molecule has 0 aromatic heterocycles. The topological polar surface area (TPSA) is 38.8 Å². The molecule has 1 fully saturated rings. The third kappa shape index (κ3) is 5.15. The van der Waals surface area contributed by atoms with Gasteiger partial charge < -0.3 is 14.4 Å². The average molecular weight is 225 g/mol. The molecule has 4 nitrogen and oxygen atoms in total. The Kier molecular flexibility index (Phi) is 5.91. The van der Waals surface area contributed by atoms with Gasteiger partial charge in [-0.1, -0.05) is 11.8 Å². The van der Waals surface area contributed by atoms with E-state index in [-0.39, 0.29) is 18.6 Å². The second-order valence-electron chi connectivity index (χ2n) is 3.93. The SMILES string of the molecule is CN(C)C(=O)CC#CCOC1CCCCO1. The first kappa shape index (κ1) is 13.0. The molecule has 90 valence electrons. The van der Waals surface area contributed by atoms with Crippen molar-refractivity contribution in [3.8, 4) is 11.8 Å². The van der Waals surface area contributed by atoms with Crippen molar-refractivity contribution in [3.05, 3.63) is 0 Å². The molecule has 0 radical (unpaired) electrons. The zero-order valence-corrected chi connectivity index (χ0v) is 9.99. The zero-order chi connectivity index (χ0) is 11.8. The number of nitrogens with zero attached hydrogens (tertiary/aromatic N) is 1.